The monoisotopic (exact) mass is 319 g/mol. The minimum atomic E-state index is 0.438. The quantitative estimate of drug-likeness (QED) is 0.414. The summed E-state index contributed by atoms with van der Waals surface area (Å²) in [6, 6.07) is 0. The summed E-state index contributed by atoms with van der Waals surface area (Å²) in [7, 11) is 0. The summed E-state index contributed by atoms with van der Waals surface area (Å²) < 4.78 is 0. The van der Waals surface area contributed by atoms with Gasteiger partial charge in [-0.1, -0.05) is 59.6 Å². The summed E-state index contributed by atoms with van der Waals surface area (Å²) in [5.41, 5.74) is 2.03. The number of allylic oxidation sites excluding steroid dienone is 2. The predicted molar refractivity (Wildman–Crippen MR) is 104 cm³/mol. The molecular formula is C22H41N. The molecule has 1 aliphatic rings. The zero-order valence-corrected chi connectivity index (χ0v) is 17.0. The van der Waals surface area contributed by atoms with Crippen molar-refractivity contribution in [1.29, 1.82) is 0 Å². The Morgan fingerprint density at radius 3 is 2.26 bits per heavy atom. The number of hydrogen-bond donors (Lipinski definition) is 0. The van der Waals surface area contributed by atoms with Crippen LogP contribution in [0.1, 0.15) is 74.7 Å². The molecule has 1 aliphatic heterocycles. The average molecular weight is 320 g/mol. The molecule has 0 spiro atoms. The van der Waals surface area contributed by atoms with Crippen LogP contribution in [0.15, 0.2) is 23.9 Å². The molecule has 0 amide bonds. The van der Waals surface area contributed by atoms with Crippen molar-refractivity contribution < 1.29 is 0 Å². The van der Waals surface area contributed by atoms with E-state index in [-0.39, 0.29) is 0 Å². The van der Waals surface area contributed by atoms with Crippen LogP contribution in [0.2, 0.25) is 0 Å². The fraction of sp³-hybridized carbons (Fsp3) is 0.818. The van der Waals surface area contributed by atoms with Crippen molar-refractivity contribution >= 4 is 0 Å². The molecule has 3 unspecified atom stereocenters. The molecule has 1 nitrogen and oxygen atoms in total. The van der Waals surface area contributed by atoms with Gasteiger partial charge in [0.25, 0.3) is 0 Å². The van der Waals surface area contributed by atoms with Gasteiger partial charge < -0.3 is 4.90 Å². The maximum Gasteiger partial charge on any atom is 0.0370 e. The van der Waals surface area contributed by atoms with Gasteiger partial charge in [-0.05, 0) is 68.1 Å². The Morgan fingerprint density at radius 2 is 1.87 bits per heavy atom. The van der Waals surface area contributed by atoms with Crippen LogP contribution in [-0.4, -0.2) is 18.0 Å². The summed E-state index contributed by atoms with van der Waals surface area (Å²) >= 11 is 0. The van der Waals surface area contributed by atoms with Gasteiger partial charge in [-0.3, -0.25) is 0 Å². The standard InChI is InChI=1S/C22H41N/c1-9-18(5)21(12-13-22(7,8)17(3)4)19(6)20(10-2)16-23-14-11-15-23/h9,11,14,17,19-21H,10,12-13,15-16H2,1-8H3/b18-9+. The van der Waals surface area contributed by atoms with Crippen LogP contribution in [-0.2, 0) is 0 Å². The van der Waals surface area contributed by atoms with Crippen molar-refractivity contribution in [2.24, 2.45) is 29.1 Å². The highest BCUT2D eigenvalue weighted by Gasteiger charge is 2.30. The molecule has 0 saturated heterocycles. The van der Waals surface area contributed by atoms with Gasteiger partial charge in [0.05, 0.1) is 0 Å². The number of hydrogen-bond acceptors (Lipinski definition) is 1. The van der Waals surface area contributed by atoms with Crippen molar-refractivity contribution in [3.63, 3.8) is 0 Å². The van der Waals surface area contributed by atoms with E-state index < -0.39 is 0 Å². The Balaban J connectivity index is 2.76. The van der Waals surface area contributed by atoms with Gasteiger partial charge in [-0.25, -0.2) is 0 Å². The van der Waals surface area contributed by atoms with Crippen molar-refractivity contribution in [3.05, 3.63) is 23.9 Å². The number of nitrogens with zero attached hydrogens (tertiary/aromatic N) is 1. The minimum absolute atomic E-state index is 0.438. The second-order valence-corrected chi connectivity index (χ2v) is 8.69. The van der Waals surface area contributed by atoms with E-state index >= 15 is 0 Å². The fourth-order valence-corrected chi connectivity index (χ4v) is 3.62. The van der Waals surface area contributed by atoms with Crippen molar-refractivity contribution in [2.75, 3.05) is 13.1 Å². The van der Waals surface area contributed by atoms with Crippen LogP contribution in [0.5, 0.6) is 0 Å². The summed E-state index contributed by atoms with van der Waals surface area (Å²) in [6.45, 7) is 21.4. The van der Waals surface area contributed by atoms with Crippen LogP contribution >= 0.6 is 0 Å². The lowest BCUT2D eigenvalue weighted by Gasteiger charge is -2.38. The molecule has 1 heteroatoms. The SMILES string of the molecule is C/C=C(\C)C(CCC(C)(C)C(C)C)C(C)C(CC)CN1C=CC1. The Bertz CT molecular complexity index is 402. The third-order valence-electron chi connectivity index (χ3n) is 6.73. The lowest BCUT2D eigenvalue weighted by molar-refractivity contribution is 0.163. The second kappa shape index (κ2) is 8.94. The molecule has 0 bridgehead atoms. The predicted octanol–water partition coefficient (Wildman–Crippen LogP) is 6.52. The normalized spacial score (nSPS) is 19.7. The summed E-state index contributed by atoms with van der Waals surface area (Å²) in [6.07, 6.45) is 10.8. The van der Waals surface area contributed by atoms with Gasteiger partial charge in [-0.15, -0.1) is 0 Å². The van der Waals surface area contributed by atoms with Crippen molar-refractivity contribution in [1.82, 2.24) is 4.90 Å². The van der Waals surface area contributed by atoms with E-state index in [4.69, 9.17) is 0 Å². The summed E-state index contributed by atoms with van der Waals surface area (Å²) in [5.74, 6) is 3.03. The van der Waals surface area contributed by atoms with E-state index in [0.717, 1.165) is 30.2 Å². The first-order valence-corrected chi connectivity index (χ1v) is 9.76. The third-order valence-corrected chi connectivity index (χ3v) is 6.73. The molecular weight excluding hydrogens is 278 g/mol. The van der Waals surface area contributed by atoms with Crippen LogP contribution in [0.3, 0.4) is 0 Å². The van der Waals surface area contributed by atoms with E-state index in [0.29, 0.717) is 5.41 Å². The first kappa shape index (κ1) is 20.3. The first-order valence-electron chi connectivity index (χ1n) is 9.76. The van der Waals surface area contributed by atoms with E-state index in [2.05, 4.69) is 78.6 Å². The molecule has 0 N–H and O–H groups in total. The highest BCUT2D eigenvalue weighted by atomic mass is 15.1. The largest absolute Gasteiger partial charge is 0.374 e. The van der Waals surface area contributed by atoms with Gasteiger partial charge in [0.1, 0.15) is 0 Å². The highest BCUT2D eigenvalue weighted by molar-refractivity contribution is 5.05. The maximum atomic E-state index is 2.50. The highest BCUT2D eigenvalue weighted by Crippen LogP contribution is 2.39. The molecule has 134 valence electrons. The molecule has 0 fully saturated rings. The van der Waals surface area contributed by atoms with Crippen LogP contribution in [0.4, 0.5) is 0 Å². The van der Waals surface area contributed by atoms with Crippen LogP contribution < -0.4 is 0 Å². The van der Waals surface area contributed by atoms with Crippen LogP contribution in [0, 0.1) is 29.1 Å². The van der Waals surface area contributed by atoms with E-state index in [9.17, 15) is 0 Å². The summed E-state index contributed by atoms with van der Waals surface area (Å²) in [5, 5.41) is 0. The van der Waals surface area contributed by atoms with E-state index in [1.54, 1.807) is 5.57 Å². The average Bonchev–Trinajstić information content (AvgIpc) is 2.45. The lowest BCUT2D eigenvalue weighted by Crippen LogP contribution is -2.35. The molecule has 3 atom stereocenters. The molecule has 23 heavy (non-hydrogen) atoms. The molecule has 0 aromatic rings. The molecule has 0 radical (unpaired) electrons. The molecule has 1 heterocycles. The third kappa shape index (κ3) is 5.69. The zero-order chi connectivity index (χ0) is 17.6. The maximum absolute atomic E-state index is 2.50. The first-order chi connectivity index (χ1) is 10.7. The van der Waals surface area contributed by atoms with E-state index in [1.165, 1.54) is 25.8 Å². The fourth-order valence-electron chi connectivity index (χ4n) is 3.62. The zero-order valence-electron chi connectivity index (χ0n) is 17.0. The van der Waals surface area contributed by atoms with Crippen molar-refractivity contribution in [2.45, 2.75) is 74.7 Å². The molecule has 0 aromatic carbocycles. The van der Waals surface area contributed by atoms with Gasteiger partial charge >= 0.3 is 0 Å². The Labute approximate surface area is 146 Å². The summed E-state index contributed by atoms with van der Waals surface area (Å²) in [4.78, 5) is 2.48. The Kier molecular flexibility index (Phi) is 7.90. The minimum Gasteiger partial charge on any atom is -0.374 e. The Morgan fingerprint density at radius 1 is 1.26 bits per heavy atom. The van der Waals surface area contributed by atoms with E-state index in [1.807, 2.05) is 0 Å². The smallest absolute Gasteiger partial charge is 0.0370 e. The molecule has 1 rings (SSSR count). The van der Waals surface area contributed by atoms with Crippen molar-refractivity contribution in [3.8, 4) is 0 Å². The Hall–Kier alpha value is -0.720. The molecule has 0 aromatic heterocycles. The van der Waals surface area contributed by atoms with Crippen LogP contribution in [0.25, 0.3) is 0 Å². The second-order valence-electron chi connectivity index (χ2n) is 8.69. The van der Waals surface area contributed by atoms with Gasteiger partial charge in [0.15, 0.2) is 0 Å². The lowest BCUT2D eigenvalue weighted by atomic mass is 9.70. The molecule has 0 aliphatic carbocycles. The van der Waals surface area contributed by atoms with Gasteiger partial charge in [0, 0.05) is 13.1 Å². The number of rotatable bonds is 10. The van der Waals surface area contributed by atoms with Gasteiger partial charge in [0.2, 0.25) is 0 Å². The van der Waals surface area contributed by atoms with Gasteiger partial charge in [-0.2, -0.15) is 0 Å². The topological polar surface area (TPSA) is 3.24 Å². The molecule has 0 saturated carbocycles.